The van der Waals surface area contributed by atoms with Gasteiger partial charge in [-0.2, -0.15) is 9.97 Å². The Morgan fingerprint density at radius 3 is 2.55 bits per heavy atom. The maximum atomic E-state index is 13.9. The van der Waals surface area contributed by atoms with E-state index in [1.54, 1.807) is 24.3 Å². The summed E-state index contributed by atoms with van der Waals surface area (Å²) in [5.41, 5.74) is 1.12. The maximum absolute atomic E-state index is 13.9. The molecule has 2 fully saturated rings. The van der Waals surface area contributed by atoms with Gasteiger partial charge in [0, 0.05) is 25.2 Å². The number of morpholine rings is 1. The van der Waals surface area contributed by atoms with Gasteiger partial charge in [-0.25, -0.2) is 13.8 Å². The van der Waals surface area contributed by atoms with Gasteiger partial charge >= 0.3 is 0 Å². The van der Waals surface area contributed by atoms with Gasteiger partial charge < -0.3 is 15.0 Å². The molecule has 31 heavy (non-hydrogen) atoms. The lowest BCUT2D eigenvalue weighted by molar-refractivity contribution is 0.122. The summed E-state index contributed by atoms with van der Waals surface area (Å²) < 4.78 is 34.7. The van der Waals surface area contributed by atoms with Crippen LogP contribution in [-0.4, -0.2) is 51.9 Å². The molecule has 5 rings (SSSR count). The van der Waals surface area contributed by atoms with Crippen LogP contribution in [-0.2, 0) is 4.74 Å². The van der Waals surface area contributed by atoms with E-state index in [0.29, 0.717) is 61.0 Å². The van der Waals surface area contributed by atoms with Crippen molar-refractivity contribution in [2.24, 2.45) is 0 Å². The fourth-order valence-corrected chi connectivity index (χ4v) is 4.40. The van der Waals surface area contributed by atoms with Gasteiger partial charge in [0.25, 0.3) is 6.43 Å². The van der Waals surface area contributed by atoms with Gasteiger partial charge in [-0.15, -0.1) is 0 Å². The monoisotopic (exact) mass is 428 g/mol. The Morgan fingerprint density at radius 1 is 1.00 bits per heavy atom. The third-order valence-electron chi connectivity index (χ3n) is 5.96. The number of halogens is 2. The van der Waals surface area contributed by atoms with Crippen LogP contribution >= 0.6 is 0 Å². The molecule has 1 aliphatic carbocycles. The van der Waals surface area contributed by atoms with Crippen molar-refractivity contribution in [1.82, 2.24) is 19.5 Å². The maximum Gasteiger partial charge on any atom is 0.296 e. The second kappa shape index (κ2) is 8.74. The molecule has 164 valence electrons. The smallest absolute Gasteiger partial charge is 0.296 e. The molecule has 0 amide bonds. The molecule has 0 radical (unpaired) electrons. The molecule has 0 atom stereocenters. The third kappa shape index (κ3) is 4.19. The summed E-state index contributed by atoms with van der Waals surface area (Å²) in [4.78, 5) is 15.7. The third-order valence-corrected chi connectivity index (χ3v) is 5.96. The predicted octanol–water partition coefficient (Wildman–Crippen LogP) is 4.33. The number of hydrogen-bond acceptors (Lipinski definition) is 6. The van der Waals surface area contributed by atoms with E-state index in [4.69, 9.17) is 14.7 Å². The van der Waals surface area contributed by atoms with Crippen molar-refractivity contribution >= 4 is 22.8 Å². The van der Waals surface area contributed by atoms with E-state index in [9.17, 15) is 8.78 Å². The quantitative estimate of drug-likeness (QED) is 0.652. The summed E-state index contributed by atoms with van der Waals surface area (Å²) in [5.74, 6) is 1.28. The normalized spacial score (nSPS) is 18.1. The number of nitrogens with zero attached hydrogens (tertiary/aromatic N) is 5. The first-order valence-corrected chi connectivity index (χ1v) is 10.9. The Labute approximate surface area is 179 Å². The molecule has 2 aliphatic rings. The Bertz CT molecular complexity index is 1040. The standard InChI is InChI=1S/C22H26F2N6O/c23-20(24)21-26-16-8-4-5-9-17(16)30(21)19-14-18(25-15-6-2-1-3-7-15)27-22(28-19)29-10-12-31-13-11-29/h4-5,8-9,14-15,20H,1-3,6-7,10-13H2,(H,25,27,28). The molecule has 9 heteroatoms. The van der Waals surface area contributed by atoms with Crippen LogP contribution in [0.4, 0.5) is 20.5 Å². The summed E-state index contributed by atoms with van der Waals surface area (Å²) in [6.07, 6.45) is 3.08. The first-order chi connectivity index (χ1) is 15.2. The van der Waals surface area contributed by atoms with Crippen molar-refractivity contribution in [1.29, 1.82) is 0 Å². The largest absolute Gasteiger partial charge is 0.378 e. The lowest BCUT2D eigenvalue weighted by atomic mass is 9.95. The molecule has 1 N–H and O–H groups in total. The average Bonchev–Trinajstić information content (AvgIpc) is 3.20. The number of imidazole rings is 1. The summed E-state index contributed by atoms with van der Waals surface area (Å²) in [6.45, 7) is 2.52. The minimum atomic E-state index is -2.72. The van der Waals surface area contributed by atoms with Gasteiger partial charge in [0.1, 0.15) is 11.6 Å². The molecule has 0 unspecified atom stereocenters. The van der Waals surface area contributed by atoms with E-state index >= 15 is 0 Å². The highest BCUT2D eigenvalue weighted by molar-refractivity contribution is 5.78. The van der Waals surface area contributed by atoms with Crippen LogP contribution in [0.1, 0.15) is 44.4 Å². The number of anilines is 2. The first-order valence-electron chi connectivity index (χ1n) is 10.9. The molecule has 2 aromatic heterocycles. The SMILES string of the molecule is FC(F)c1nc2ccccc2n1-c1cc(NC2CCCCC2)nc(N2CCOCC2)n1. The Morgan fingerprint density at radius 2 is 1.77 bits per heavy atom. The lowest BCUT2D eigenvalue weighted by Gasteiger charge is -2.28. The van der Waals surface area contributed by atoms with Crippen LogP contribution in [0, 0.1) is 0 Å². The van der Waals surface area contributed by atoms with E-state index in [1.165, 1.54) is 23.8 Å². The van der Waals surface area contributed by atoms with Gasteiger partial charge in [0.15, 0.2) is 5.82 Å². The molecule has 3 aromatic rings. The van der Waals surface area contributed by atoms with Crippen LogP contribution in [0.25, 0.3) is 16.9 Å². The van der Waals surface area contributed by atoms with Crippen molar-refractivity contribution in [3.8, 4) is 5.82 Å². The number of para-hydroxylation sites is 2. The number of benzene rings is 1. The second-order valence-corrected chi connectivity index (χ2v) is 8.08. The zero-order valence-electron chi connectivity index (χ0n) is 17.3. The van der Waals surface area contributed by atoms with E-state index in [2.05, 4.69) is 10.3 Å². The predicted molar refractivity (Wildman–Crippen MR) is 115 cm³/mol. The van der Waals surface area contributed by atoms with Crippen LogP contribution in [0.2, 0.25) is 0 Å². The second-order valence-electron chi connectivity index (χ2n) is 8.08. The number of nitrogens with one attached hydrogen (secondary N) is 1. The van der Waals surface area contributed by atoms with E-state index in [-0.39, 0.29) is 5.82 Å². The van der Waals surface area contributed by atoms with E-state index in [0.717, 1.165) is 12.8 Å². The molecule has 1 aromatic carbocycles. The van der Waals surface area contributed by atoms with Crippen LogP contribution in [0.15, 0.2) is 30.3 Å². The fraction of sp³-hybridized carbons (Fsp3) is 0.500. The fourth-order valence-electron chi connectivity index (χ4n) is 4.40. The molecule has 0 spiro atoms. The van der Waals surface area contributed by atoms with E-state index in [1.807, 2.05) is 11.0 Å². The topological polar surface area (TPSA) is 68.1 Å². The first kappa shape index (κ1) is 20.1. The molecule has 0 bridgehead atoms. The zero-order valence-corrected chi connectivity index (χ0v) is 17.3. The Hall–Kier alpha value is -2.81. The summed E-state index contributed by atoms with van der Waals surface area (Å²) >= 11 is 0. The van der Waals surface area contributed by atoms with Gasteiger partial charge in [0.2, 0.25) is 5.95 Å². The molecule has 1 aliphatic heterocycles. The van der Waals surface area contributed by atoms with Crippen LogP contribution < -0.4 is 10.2 Å². The van der Waals surface area contributed by atoms with Crippen molar-refractivity contribution in [3.05, 3.63) is 36.2 Å². The molecular weight excluding hydrogens is 402 g/mol. The molecule has 3 heterocycles. The molecule has 1 saturated carbocycles. The summed E-state index contributed by atoms with van der Waals surface area (Å²) in [5, 5.41) is 3.53. The van der Waals surface area contributed by atoms with Crippen LogP contribution in [0.5, 0.6) is 0 Å². The number of rotatable bonds is 5. The summed E-state index contributed by atoms with van der Waals surface area (Å²) in [6, 6.07) is 9.24. The Kier molecular flexibility index (Phi) is 5.67. The van der Waals surface area contributed by atoms with Crippen molar-refractivity contribution in [2.45, 2.75) is 44.6 Å². The minimum absolute atomic E-state index is 0.309. The highest BCUT2D eigenvalue weighted by atomic mass is 19.3. The number of alkyl halides is 2. The molecular formula is C22H26F2N6O. The number of fused-ring (bicyclic) bond motifs is 1. The minimum Gasteiger partial charge on any atom is -0.378 e. The van der Waals surface area contributed by atoms with Crippen molar-refractivity contribution in [3.63, 3.8) is 0 Å². The number of ether oxygens (including phenoxy) is 1. The van der Waals surface area contributed by atoms with Gasteiger partial charge in [-0.3, -0.25) is 4.57 Å². The van der Waals surface area contributed by atoms with Crippen molar-refractivity contribution in [2.75, 3.05) is 36.5 Å². The molecule has 7 nitrogen and oxygen atoms in total. The number of hydrogen-bond donors (Lipinski definition) is 1. The highest BCUT2D eigenvalue weighted by Crippen LogP contribution is 2.30. The lowest BCUT2D eigenvalue weighted by Crippen LogP contribution is -2.37. The highest BCUT2D eigenvalue weighted by Gasteiger charge is 2.24. The Balaban J connectivity index is 1.61. The molecule has 1 saturated heterocycles. The van der Waals surface area contributed by atoms with Gasteiger partial charge in [0.05, 0.1) is 24.2 Å². The average molecular weight is 428 g/mol. The van der Waals surface area contributed by atoms with Gasteiger partial charge in [-0.05, 0) is 25.0 Å². The van der Waals surface area contributed by atoms with Crippen LogP contribution in [0.3, 0.4) is 0 Å². The van der Waals surface area contributed by atoms with Crippen molar-refractivity contribution < 1.29 is 13.5 Å². The summed E-state index contributed by atoms with van der Waals surface area (Å²) in [7, 11) is 0. The zero-order chi connectivity index (χ0) is 21.2. The van der Waals surface area contributed by atoms with Gasteiger partial charge in [-0.1, -0.05) is 31.4 Å². The van der Waals surface area contributed by atoms with E-state index < -0.39 is 6.43 Å². The number of aromatic nitrogens is 4.